The van der Waals surface area contributed by atoms with Gasteiger partial charge in [-0.15, -0.1) is 11.8 Å². The molecule has 0 atom stereocenters. The number of rotatable bonds is 5. The van der Waals surface area contributed by atoms with E-state index in [1.165, 1.54) is 10.5 Å². The fourth-order valence-electron chi connectivity index (χ4n) is 1.79. The van der Waals surface area contributed by atoms with E-state index in [1.807, 2.05) is 18.2 Å². The molecule has 0 aliphatic rings. The van der Waals surface area contributed by atoms with Crippen LogP contribution in [0.3, 0.4) is 0 Å². The standard InChI is InChI=1S/C14H16N2OS/c1-18-13-7-3-2-5-11(13)8-10-16-14(17)12-6-4-9-15-12/h2-7,9,15H,8,10H2,1H3,(H,16,17). The third kappa shape index (κ3) is 3.17. The monoisotopic (exact) mass is 260 g/mol. The van der Waals surface area contributed by atoms with Gasteiger partial charge in [0.1, 0.15) is 5.69 Å². The first-order valence-electron chi connectivity index (χ1n) is 5.84. The molecule has 0 aliphatic carbocycles. The molecule has 2 N–H and O–H groups in total. The van der Waals surface area contributed by atoms with Crippen LogP contribution in [0, 0.1) is 0 Å². The van der Waals surface area contributed by atoms with E-state index in [9.17, 15) is 4.79 Å². The number of amides is 1. The molecule has 0 aliphatic heterocycles. The average Bonchev–Trinajstić information content (AvgIpc) is 2.93. The second-order valence-corrected chi connectivity index (χ2v) is 4.75. The lowest BCUT2D eigenvalue weighted by atomic mass is 10.1. The normalized spacial score (nSPS) is 10.3. The molecule has 1 aromatic carbocycles. The van der Waals surface area contributed by atoms with E-state index in [-0.39, 0.29) is 5.91 Å². The highest BCUT2D eigenvalue weighted by Crippen LogP contribution is 2.19. The van der Waals surface area contributed by atoms with Crippen molar-refractivity contribution in [3.63, 3.8) is 0 Å². The van der Waals surface area contributed by atoms with Crippen LogP contribution in [0.4, 0.5) is 0 Å². The Morgan fingerprint density at radius 1 is 1.28 bits per heavy atom. The van der Waals surface area contributed by atoms with Crippen molar-refractivity contribution >= 4 is 17.7 Å². The van der Waals surface area contributed by atoms with Crippen LogP contribution in [-0.4, -0.2) is 23.7 Å². The summed E-state index contributed by atoms with van der Waals surface area (Å²) in [4.78, 5) is 15.9. The second-order valence-electron chi connectivity index (χ2n) is 3.90. The van der Waals surface area contributed by atoms with Crippen LogP contribution < -0.4 is 5.32 Å². The van der Waals surface area contributed by atoms with E-state index in [2.05, 4.69) is 28.7 Å². The van der Waals surface area contributed by atoms with Crippen molar-refractivity contribution in [2.45, 2.75) is 11.3 Å². The SMILES string of the molecule is CSc1ccccc1CCNC(=O)c1ccc[nH]1. The summed E-state index contributed by atoms with van der Waals surface area (Å²) in [5.74, 6) is -0.0540. The molecule has 18 heavy (non-hydrogen) atoms. The van der Waals surface area contributed by atoms with Crippen molar-refractivity contribution in [2.75, 3.05) is 12.8 Å². The van der Waals surface area contributed by atoms with Gasteiger partial charge in [-0.05, 0) is 36.4 Å². The van der Waals surface area contributed by atoms with Gasteiger partial charge in [-0.3, -0.25) is 4.79 Å². The zero-order chi connectivity index (χ0) is 12.8. The second kappa shape index (κ2) is 6.31. The fraction of sp³-hybridized carbons (Fsp3) is 0.214. The van der Waals surface area contributed by atoms with Gasteiger partial charge in [0.2, 0.25) is 0 Å². The third-order valence-electron chi connectivity index (χ3n) is 2.71. The minimum Gasteiger partial charge on any atom is -0.357 e. The summed E-state index contributed by atoms with van der Waals surface area (Å²) in [5.41, 5.74) is 1.88. The van der Waals surface area contributed by atoms with Gasteiger partial charge in [-0.2, -0.15) is 0 Å². The van der Waals surface area contributed by atoms with Crippen molar-refractivity contribution in [3.05, 3.63) is 53.9 Å². The van der Waals surface area contributed by atoms with Crippen molar-refractivity contribution in [1.82, 2.24) is 10.3 Å². The number of benzene rings is 1. The molecule has 1 amide bonds. The average molecular weight is 260 g/mol. The number of nitrogens with one attached hydrogen (secondary N) is 2. The summed E-state index contributed by atoms with van der Waals surface area (Å²) in [7, 11) is 0. The van der Waals surface area contributed by atoms with Gasteiger partial charge in [0.05, 0.1) is 0 Å². The van der Waals surface area contributed by atoms with E-state index < -0.39 is 0 Å². The van der Waals surface area contributed by atoms with Gasteiger partial charge >= 0.3 is 0 Å². The quantitative estimate of drug-likeness (QED) is 0.812. The van der Waals surface area contributed by atoms with E-state index >= 15 is 0 Å². The maximum Gasteiger partial charge on any atom is 0.267 e. The highest BCUT2D eigenvalue weighted by Gasteiger charge is 2.05. The Hall–Kier alpha value is -1.68. The molecule has 3 nitrogen and oxygen atoms in total. The van der Waals surface area contributed by atoms with Crippen molar-refractivity contribution in [2.24, 2.45) is 0 Å². The van der Waals surface area contributed by atoms with Crippen LogP contribution >= 0.6 is 11.8 Å². The number of aromatic nitrogens is 1. The number of hydrogen-bond donors (Lipinski definition) is 2. The Morgan fingerprint density at radius 3 is 2.83 bits per heavy atom. The van der Waals surface area contributed by atoms with Crippen molar-refractivity contribution in [1.29, 1.82) is 0 Å². The minimum absolute atomic E-state index is 0.0540. The van der Waals surface area contributed by atoms with Crippen LogP contribution in [0.2, 0.25) is 0 Å². The highest BCUT2D eigenvalue weighted by atomic mass is 32.2. The summed E-state index contributed by atoms with van der Waals surface area (Å²) >= 11 is 1.73. The molecule has 0 radical (unpaired) electrons. The zero-order valence-electron chi connectivity index (χ0n) is 10.3. The number of carbonyl (C=O) groups is 1. The number of hydrogen-bond acceptors (Lipinski definition) is 2. The van der Waals surface area contributed by atoms with Crippen LogP contribution in [-0.2, 0) is 6.42 Å². The van der Waals surface area contributed by atoms with Crippen molar-refractivity contribution in [3.8, 4) is 0 Å². The molecule has 0 bridgehead atoms. The molecule has 2 rings (SSSR count). The number of H-pyrrole nitrogens is 1. The van der Waals surface area contributed by atoms with Gasteiger partial charge in [-0.1, -0.05) is 18.2 Å². The fourth-order valence-corrected chi connectivity index (χ4v) is 2.43. The predicted octanol–water partition coefficient (Wildman–Crippen LogP) is 2.71. The Balaban J connectivity index is 1.87. The van der Waals surface area contributed by atoms with Gasteiger partial charge in [0.25, 0.3) is 5.91 Å². The van der Waals surface area contributed by atoms with E-state index in [1.54, 1.807) is 24.0 Å². The first kappa shape index (κ1) is 12.8. The number of thioether (sulfide) groups is 1. The van der Waals surface area contributed by atoms with Crippen molar-refractivity contribution < 1.29 is 4.79 Å². The predicted molar refractivity (Wildman–Crippen MR) is 75.1 cm³/mol. The molecule has 4 heteroatoms. The smallest absolute Gasteiger partial charge is 0.267 e. The lowest BCUT2D eigenvalue weighted by Crippen LogP contribution is -2.26. The number of aromatic amines is 1. The summed E-state index contributed by atoms with van der Waals surface area (Å²) < 4.78 is 0. The highest BCUT2D eigenvalue weighted by molar-refractivity contribution is 7.98. The first-order chi connectivity index (χ1) is 8.81. The van der Waals surface area contributed by atoms with E-state index in [4.69, 9.17) is 0 Å². The largest absolute Gasteiger partial charge is 0.357 e. The lowest BCUT2D eigenvalue weighted by Gasteiger charge is -2.07. The van der Waals surface area contributed by atoms with Crippen LogP contribution in [0.25, 0.3) is 0 Å². The molecule has 2 aromatic rings. The summed E-state index contributed by atoms with van der Waals surface area (Å²) in [6.45, 7) is 0.648. The Bertz CT molecular complexity index is 508. The molecule has 0 saturated carbocycles. The Labute approximate surface area is 111 Å². The molecular weight excluding hydrogens is 244 g/mol. The molecule has 94 valence electrons. The molecular formula is C14H16N2OS. The molecule has 0 unspecified atom stereocenters. The van der Waals surface area contributed by atoms with Crippen LogP contribution in [0.5, 0.6) is 0 Å². The maximum atomic E-state index is 11.7. The van der Waals surface area contributed by atoms with Crippen LogP contribution in [0.15, 0.2) is 47.5 Å². The summed E-state index contributed by atoms with van der Waals surface area (Å²) in [6, 6.07) is 11.9. The molecule has 0 fully saturated rings. The zero-order valence-corrected chi connectivity index (χ0v) is 11.1. The maximum absolute atomic E-state index is 11.7. The summed E-state index contributed by atoms with van der Waals surface area (Å²) in [6.07, 6.45) is 4.66. The van der Waals surface area contributed by atoms with Gasteiger partial charge in [0.15, 0.2) is 0 Å². The van der Waals surface area contributed by atoms with Gasteiger partial charge in [0, 0.05) is 17.6 Å². The Morgan fingerprint density at radius 2 is 2.11 bits per heavy atom. The topological polar surface area (TPSA) is 44.9 Å². The molecule has 0 spiro atoms. The molecule has 1 heterocycles. The minimum atomic E-state index is -0.0540. The number of carbonyl (C=O) groups excluding carboxylic acids is 1. The lowest BCUT2D eigenvalue weighted by molar-refractivity contribution is 0.0950. The Kier molecular flexibility index (Phi) is 4.47. The van der Waals surface area contributed by atoms with E-state index in [0.717, 1.165) is 6.42 Å². The summed E-state index contributed by atoms with van der Waals surface area (Å²) in [5, 5.41) is 2.91. The third-order valence-corrected chi connectivity index (χ3v) is 3.55. The first-order valence-corrected chi connectivity index (χ1v) is 7.07. The van der Waals surface area contributed by atoms with E-state index in [0.29, 0.717) is 12.2 Å². The van der Waals surface area contributed by atoms with Gasteiger partial charge < -0.3 is 10.3 Å². The van der Waals surface area contributed by atoms with Crippen LogP contribution in [0.1, 0.15) is 16.1 Å². The molecule has 0 saturated heterocycles. The molecule has 1 aromatic heterocycles. The van der Waals surface area contributed by atoms with Gasteiger partial charge in [-0.25, -0.2) is 0 Å².